The molecule has 0 unspecified atom stereocenters. The molecule has 0 fully saturated rings. The zero-order valence-electron chi connectivity index (χ0n) is 14.0. The van der Waals surface area contributed by atoms with Gasteiger partial charge in [0.15, 0.2) is 11.5 Å². The number of hydrogen-bond donors (Lipinski definition) is 0. The van der Waals surface area contributed by atoms with Crippen molar-refractivity contribution in [2.24, 2.45) is 0 Å². The van der Waals surface area contributed by atoms with E-state index in [0.717, 1.165) is 0 Å². The molecule has 0 saturated carbocycles. The number of halogens is 1. The van der Waals surface area contributed by atoms with Crippen molar-refractivity contribution in [3.63, 3.8) is 0 Å². The van der Waals surface area contributed by atoms with Crippen LogP contribution < -0.4 is 18.9 Å². The van der Waals surface area contributed by atoms with Gasteiger partial charge < -0.3 is 18.9 Å². The zero-order chi connectivity index (χ0) is 18.4. The van der Waals surface area contributed by atoms with Crippen LogP contribution in [0.15, 0.2) is 34.8 Å². The summed E-state index contributed by atoms with van der Waals surface area (Å²) in [5.41, 5.74) is 0.646. The molecule has 0 spiro atoms. The molecule has 0 radical (unpaired) electrons. The first-order valence-corrected chi connectivity index (χ1v) is 8.13. The van der Waals surface area contributed by atoms with Gasteiger partial charge in [-0.05, 0) is 41.1 Å². The largest absolute Gasteiger partial charge is 0.497 e. The second-order valence-electron chi connectivity index (χ2n) is 4.82. The minimum Gasteiger partial charge on any atom is -0.497 e. The lowest BCUT2D eigenvalue weighted by atomic mass is 10.2. The number of hydrogen-bond acceptors (Lipinski definition) is 6. The standard InChI is InChI=1S/C18H16BrNO5/c1-4-24-16-6-11(10-20)5-15(19)17(16)25-18(21)12-7-13(22-2)9-14(8-12)23-3/h5-9H,4H2,1-3H3. The molecule has 0 atom stereocenters. The number of nitriles is 1. The summed E-state index contributed by atoms with van der Waals surface area (Å²) in [5, 5.41) is 9.06. The van der Waals surface area contributed by atoms with Crippen molar-refractivity contribution in [2.45, 2.75) is 6.92 Å². The van der Waals surface area contributed by atoms with Crippen LogP contribution in [-0.4, -0.2) is 26.8 Å². The lowest BCUT2D eigenvalue weighted by Gasteiger charge is -2.13. The van der Waals surface area contributed by atoms with Crippen molar-refractivity contribution in [3.05, 3.63) is 45.9 Å². The second-order valence-corrected chi connectivity index (χ2v) is 5.68. The molecule has 2 aromatic rings. The van der Waals surface area contributed by atoms with Crippen LogP contribution in [0.4, 0.5) is 0 Å². The van der Waals surface area contributed by atoms with E-state index in [1.165, 1.54) is 20.3 Å². The fourth-order valence-corrected chi connectivity index (χ4v) is 2.59. The number of rotatable bonds is 6. The summed E-state index contributed by atoms with van der Waals surface area (Å²) >= 11 is 3.31. The van der Waals surface area contributed by atoms with Crippen LogP contribution in [0.25, 0.3) is 0 Å². The third-order valence-corrected chi connectivity index (χ3v) is 3.81. The molecule has 0 bridgehead atoms. The third kappa shape index (κ3) is 4.43. The second kappa shape index (κ2) is 8.40. The number of benzene rings is 2. The Hall–Kier alpha value is -2.72. The molecular weight excluding hydrogens is 390 g/mol. The van der Waals surface area contributed by atoms with Crippen LogP contribution >= 0.6 is 15.9 Å². The Labute approximate surface area is 154 Å². The van der Waals surface area contributed by atoms with E-state index in [2.05, 4.69) is 15.9 Å². The Morgan fingerprint density at radius 2 is 1.76 bits per heavy atom. The van der Waals surface area contributed by atoms with Gasteiger partial charge in [0, 0.05) is 12.1 Å². The summed E-state index contributed by atoms with van der Waals surface area (Å²) in [6.45, 7) is 2.16. The van der Waals surface area contributed by atoms with Gasteiger partial charge in [-0.1, -0.05) is 0 Å². The summed E-state index contributed by atoms with van der Waals surface area (Å²) < 4.78 is 21.7. The normalized spacial score (nSPS) is 9.88. The summed E-state index contributed by atoms with van der Waals surface area (Å²) in [6, 6.07) is 9.84. The Balaban J connectivity index is 2.39. The quantitative estimate of drug-likeness (QED) is 0.534. The van der Waals surface area contributed by atoms with E-state index in [-0.39, 0.29) is 11.3 Å². The van der Waals surface area contributed by atoms with Crippen molar-refractivity contribution in [1.29, 1.82) is 5.26 Å². The van der Waals surface area contributed by atoms with Crippen molar-refractivity contribution >= 4 is 21.9 Å². The van der Waals surface area contributed by atoms with Crippen LogP contribution in [0.5, 0.6) is 23.0 Å². The van der Waals surface area contributed by atoms with Crippen molar-refractivity contribution in [2.75, 3.05) is 20.8 Å². The molecule has 0 amide bonds. The summed E-state index contributed by atoms with van der Waals surface area (Å²) in [4.78, 5) is 12.5. The van der Waals surface area contributed by atoms with Crippen LogP contribution in [0, 0.1) is 11.3 Å². The Morgan fingerprint density at radius 1 is 1.12 bits per heavy atom. The van der Waals surface area contributed by atoms with E-state index in [1.807, 2.05) is 6.07 Å². The van der Waals surface area contributed by atoms with Crippen LogP contribution in [0.3, 0.4) is 0 Å². The maximum absolute atomic E-state index is 12.5. The Morgan fingerprint density at radius 3 is 2.28 bits per heavy atom. The topological polar surface area (TPSA) is 77.8 Å². The summed E-state index contributed by atoms with van der Waals surface area (Å²) in [5.74, 6) is 0.832. The van der Waals surface area contributed by atoms with Gasteiger partial charge in [-0.15, -0.1) is 0 Å². The highest BCUT2D eigenvalue weighted by molar-refractivity contribution is 9.10. The van der Waals surface area contributed by atoms with E-state index >= 15 is 0 Å². The molecule has 0 aliphatic heterocycles. The lowest BCUT2D eigenvalue weighted by Crippen LogP contribution is -2.11. The molecular formula is C18H16BrNO5. The van der Waals surface area contributed by atoms with Gasteiger partial charge in [0.25, 0.3) is 0 Å². The molecule has 0 aliphatic rings. The molecule has 0 N–H and O–H groups in total. The van der Waals surface area contributed by atoms with Crippen molar-refractivity contribution in [3.8, 4) is 29.1 Å². The van der Waals surface area contributed by atoms with Gasteiger partial charge in [0.1, 0.15) is 11.5 Å². The van der Waals surface area contributed by atoms with Gasteiger partial charge in [-0.25, -0.2) is 4.79 Å². The monoisotopic (exact) mass is 405 g/mol. The predicted octanol–water partition coefficient (Wildman–Crippen LogP) is 3.96. The predicted molar refractivity (Wildman–Crippen MR) is 94.5 cm³/mol. The van der Waals surface area contributed by atoms with Gasteiger partial charge in [0.2, 0.25) is 0 Å². The lowest BCUT2D eigenvalue weighted by molar-refractivity contribution is 0.0726. The number of ether oxygens (including phenoxy) is 4. The average Bonchev–Trinajstić information content (AvgIpc) is 2.63. The summed E-state index contributed by atoms with van der Waals surface area (Å²) in [7, 11) is 2.99. The van der Waals surface area contributed by atoms with E-state index in [9.17, 15) is 4.79 Å². The zero-order valence-corrected chi connectivity index (χ0v) is 15.5. The highest BCUT2D eigenvalue weighted by Crippen LogP contribution is 2.37. The number of nitrogens with zero attached hydrogens (tertiary/aromatic N) is 1. The minimum atomic E-state index is -0.608. The number of carbonyl (C=O) groups excluding carboxylic acids is 1. The maximum atomic E-state index is 12.5. The first-order valence-electron chi connectivity index (χ1n) is 7.34. The molecule has 7 heteroatoms. The third-order valence-electron chi connectivity index (χ3n) is 3.22. The number of methoxy groups -OCH3 is 2. The Bertz CT molecular complexity index is 807. The van der Waals surface area contributed by atoms with E-state index in [4.69, 9.17) is 24.2 Å². The Kier molecular flexibility index (Phi) is 6.25. The smallest absolute Gasteiger partial charge is 0.343 e. The van der Waals surface area contributed by atoms with Crippen LogP contribution in [0.1, 0.15) is 22.8 Å². The average molecular weight is 406 g/mol. The molecule has 6 nitrogen and oxygen atoms in total. The first kappa shape index (κ1) is 18.6. The van der Waals surface area contributed by atoms with Gasteiger partial charge in [0.05, 0.1) is 42.5 Å². The number of carbonyl (C=O) groups is 1. The van der Waals surface area contributed by atoms with Crippen molar-refractivity contribution in [1.82, 2.24) is 0 Å². The first-order chi connectivity index (χ1) is 12.0. The highest BCUT2D eigenvalue weighted by Gasteiger charge is 2.18. The summed E-state index contributed by atoms with van der Waals surface area (Å²) in [6.07, 6.45) is 0. The van der Waals surface area contributed by atoms with Crippen LogP contribution in [-0.2, 0) is 0 Å². The highest BCUT2D eigenvalue weighted by atomic mass is 79.9. The van der Waals surface area contributed by atoms with Crippen molar-refractivity contribution < 1.29 is 23.7 Å². The molecule has 0 heterocycles. The van der Waals surface area contributed by atoms with Gasteiger partial charge >= 0.3 is 5.97 Å². The number of esters is 1. The fourth-order valence-electron chi connectivity index (χ4n) is 2.07. The molecule has 0 saturated heterocycles. The van der Waals surface area contributed by atoms with Gasteiger partial charge in [-0.3, -0.25) is 0 Å². The van der Waals surface area contributed by atoms with E-state index in [0.29, 0.717) is 33.9 Å². The van der Waals surface area contributed by atoms with Gasteiger partial charge in [-0.2, -0.15) is 5.26 Å². The molecule has 2 rings (SSSR count). The fraction of sp³-hybridized carbons (Fsp3) is 0.222. The molecule has 0 aromatic heterocycles. The van der Waals surface area contributed by atoms with Crippen LogP contribution in [0.2, 0.25) is 0 Å². The molecule has 2 aromatic carbocycles. The van der Waals surface area contributed by atoms with E-state index < -0.39 is 5.97 Å². The SMILES string of the molecule is CCOc1cc(C#N)cc(Br)c1OC(=O)c1cc(OC)cc(OC)c1. The molecule has 0 aliphatic carbocycles. The minimum absolute atomic E-state index is 0.202. The molecule has 25 heavy (non-hydrogen) atoms. The maximum Gasteiger partial charge on any atom is 0.343 e. The van der Waals surface area contributed by atoms with E-state index in [1.54, 1.807) is 31.2 Å². The molecule has 130 valence electrons.